The third-order valence-electron chi connectivity index (χ3n) is 2.71. The average molecular weight is 286 g/mol. The van der Waals surface area contributed by atoms with Crippen LogP contribution in [-0.4, -0.2) is 28.1 Å². The Morgan fingerprint density at radius 1 is 1.25 bits per heavy atom. The van der Waals surface area contributed by atoms with Crippen molar-refractivity contribution in [2.75, 3.05) is 0 Å². The number of H-pyrrole nitrogens is 1. The number of aromatic carboxylic acids is 1. The van der Waals surface area contributed by atoms with Gasteiger partial charge in [-0.2, -0.15) is 13.2 Å². The van der Waals surface area contributed by atoms with Gasteiger partial charge in [-0.05, 0) is 6.07 Å². The summed E-state index contributed by atoms with van der Waals surface area (Å²) in [4.78, 5) is 24.4. The quantitative estimate of drug-likeness (QED) is 0.807. The van der Waals surface area contributed by atoms with Crippen molar-refractivity contribution in [1.29, 1.82) is 0 Å². The predicted octanol–water partition coefficient (Wildman–Crippen LogP) is 2.04. The maximum atomic E-state index is 12.1. The summed E-state index contributed by atoms with van der Waals surface area (Å²) in [6, 6.07) is 6.43. The van der Waals surface area contributed by atoms with Crippen molar-refractivity contribution in [3.05, 3.63) is 35.5 Å². The van der Waals surface area contributed by atoms with E-state index in [0.717, 1.165) is 0 Å². The summed E-state index contributed by atoms with van der Waals surface area (Å²) in [6.45, 7) is -0.524. The molecular weight excluding hydrogens is 277 g/mol. The van der Waals surface area contributed by atoms with Gasteiger partial charge < -0.3 is 15.4 Å². The van der Waals surface area contributed by atoms with E-state index in [4.69, 9.17) is 5.11 Å². The van der Waals surface area contributed by atoms with Crippen LogP contribution >= 0.6 is 0 Å². The highest BCUT2D eigenvalue weighted by atomic mass is 19.4. The molecule has 0 bridgehead atoms. The summed E-state index contributed by atoms with van der Waals surface area (Å²) >= 11 is 0. The molecule has 2 rings (SSSR count). The third kappa shape index (κ3) is 2.58. The van der Waals surface area contributed by atoms with Crippen LogP contribution in [0.5, 0.6) is 0 Å². The number of amides is 1. The van der Waals surface area contributed by atoms with Crippen molar-refractivity contribution in [2.24, 2.45) is 0 Å². The molecule has 2 aromatic rings. The number of para-hydroxylation sites is 1. The lowest BCUT2D eigenvalue weighted by atomic mass is 10.1. The molecule has 0 saturated heterocycles. The first kappa shape index (κ1) is 13.9. The Hall–Kier alpha value is -2.51. The van der Waals surface area contributed by atoms with Crippen LogP contribution in [0.4, 0.5) is 13.2 Å². The lowest BCUT2D eigenvalue weighted by Crippen LogP contribution is -2.36. The number of rotatable bonds is 3. The van der Waals surface area contributed by atoms with Gasteiger partial charge in [-0.15, -0.1) is 0 Å². The maximum Gasteiger partial charge on any atom is 0.471 e. The van der Waals surface area contributed by atoms with E-state index in [9.17, 15) is 22.8 Å². The van der Waals surface area contributed by atoms with Gasteiger partial charge in [0.15, 0.2) is 0 Å². The van der Waals surface area contributed by atoms with E-state index in [-0.39, 0.29) is 11.3 Å². The van der Waals surface area contributed by atoms with E-state index in [1.807, 2.05) is 0 Å². The van der Waals surface area contributed by atoms with E-state index in [1.165, 1.54) is 0 Å². The molecule has 0 atom stereocenters. The topological polar surface area (TPSA) is 82.2 Å². The summed E-state index contributed by atoms with van der Waals surface area (Å²) < 4.78 is 36.3. The number of hydrogen-bond acceptors (Lipinski definition) is 2. The highest BCUT2D eigenvalue weighted by Gasteiger charge is 2.38. The van der Waals surface area contributed by atoms with E-state index >= 15 is 0 Å². The van der Waals surface area contributed by atoms with Crippen LogP contribution in [-0.2, 0) is 11.3 Å². The van der Waals surface area contributed by atoms with E-state index in [2.05, 4.69) is 4.98 Å². The minimum atomic E-state index is -5.00. The van der Waals surface area contributed by atoms with Gasteiger partial charge in [-0.3, -0.25) is 4.79 Å². The molecular formula is C12H9F3N2O3. The molecule has 20 heavy (non-hydrogen) atoms. The number of carbonyl (C=O) groups excluding carboxylic acids is 1. The first-order valence-corrected chi connectivity index (χ1v) is 5.48. The van der Waals surface area contributed by atoms with E-state index in [0.29, 0.717) is 10.9 Å². The highest BCUT2D eigenvalue weighted by Crippen LogP contribution is 2.23. The van der Waals surface area contributed by atoms with Crippen molar-refractivity contribution in [3.63, 3.8) is 0 Å². The highest BCUT2D eigenvalue weighted by molar-refractivity contribution is 5.97. The van der Waals surface area contributed by atoms with Gasteiger partial charge in [-0.1, -0.05) is 18.2 Å². The second kappa shape index (κ2) is 4.87. The Labute approximate surface area is 110 Å². The van der Waals surface area contributed by atoms with Crippen LogP contribution in [0, 0.1) is 0 Å². The SMILES string of the molecule is O=C(O)c1[nH]c2ccccc2c1CNC(=O)C(F)(F)F. The van der Waals surface area contributed by atoms with Crippen LogP contribution in [0.1, 0.15) is 16.1 Å². The molecule has 1 aromatic carbocycles. The van der Waals surface area contributed by atoms with Crippen molar-refractivity contribution >= 4 is 22.8 Å². The molecule has 1 aromatic heterocycles. The van der Waals surface area contributed by atoms with Crippen LogP contribution in [0.15, 0.2) is 24.3 Å². The number of hydrogen-bond donors (Lipinski definition) is 3. The average Bonchev–Trinajstić information content (AvgIpc) is 2.73. The van der Waals surface area contributed by atoms with Gasteiger partial charge in [0.05, 0.1) is 0 Å². The summed E-state index contributed by atoms with van der Waals surface area (Å²) in [5.41, 5.74) is 0.334. The fourth-order valence-electron chi connectivity index (χ4n) is 1.84. The number of aromatic nitrogens is 1. The molecule has 0 radical (unpaired) electrons. The number of carboxylic acids is 1. The molecule has 0 spiro atoms. The zero-order chi connectivity index (χ0) is 14.9. The molecule has 8 heteroatoms. The standard InChI is InChI=1S/C12H9F3N2O3/c13-12(14,15)11(20)16-5-7-6-3-1-2-4-8(6)17-9(7)10(18)19/h1-4,17H,5H2,(H,16,20)(H,18,19). The number of fused-ring (bicyclic) bond motifs is 1. The summed E-state index contributed by atoms with van der Waals surface area (Å²) in [5.74, 6) is -3.42. The van der Waals surface area contributed by atoms with Crippen molar-refractivity contribution in [2.45, 2.75) is 12.7 Å². The fraction of sp³-hybridized carbons (Fsp3) is 0.167. The molecule has 5 nitrogen and oxygen atoms in total. The van der Waals surface area contributed by atoms with Gasteiger partial charge in [0.1, 0.15) is 5.69 Å². The molecule has 3 N–H and O–H groups in total. The zero-order valence-electron chi connectivity index (χ0n) is 9.91. The minimum absolute atomic E-state index is 0.102. The van der Waals surface area contributed by atoms with Crippen molar-refractivity contribution < 1.29 is 27.9 Å². The second-order valence-electron chi connectivity index (χ2n) is 4.01. The Balaban J connectivity index is 2.35. The molecule has 0 fully saturated rings. The van der Waals surface area contributed by atoms with E-state index in [1.54, 1.807) is 29.6 Å². The first-order valence-electron chi connectivity index (χ1n) is 5.48. The lowest BCUT2D eigenvalue weighted by molar-refractivity contribution is -0.173. The fourth-order valence-corrected chi connectivity index (χ4v) is 1.84. The minimum Gasteiger partial charge on any atom is -0.477 e. The molecule has 0 aliphatic rings. The molecule has 1 amide bonds. The third-order valence-corrected chi connectivity index (χ3v) is 2.71. The van der Waals surface area contributed by atoms with E-state index < -0.39 is 24.6 Å². The van der Waals surface area contributed by atoms with Gasteiger partial charge >= 0.3 is 18.1 Å². The summed E-state index contributed by atoms with van der Waals surface area (Å²) in [5, 5.41) is 11.1. The second-order valence-corrected chi connectivity index (χ2v) is 4.01. The van der Waals surface area contributed by atoms with Crippen LogP contribution < -0.4 is 5.32 Å². The Kier molecular flexibility index (Phi) is 3.39. The van der Waals surface area contributed by atoms with Crippen LogP contribution in [0.2, 0.25) is 0 Å². The first-order chi connectivity index (χ1) is 9.30. The smallest absolute Gasteiger partial charge is 0.471 e. The Bertz CT molecular complexity index is 676. The monoisotopic (exact) mass is 286 g/mol. The molecule has 106 valence electrons. The van der Waals surface area contributed by atoms with Gasteiger partial charge in [0.2, 0.25) is 0 Å². The van der Waals surface area contributed by atoms with Crippen LogP contribution in [0.25, 0.3) is 10.9 Å². The zero-order valence-corrected chi connectivity index (χ0v) is 9.91. The normalized spacial score (nSPS) is 11.6. The number of nitrogens with one attached hydrogen (secondary N) is 2. The van der Waals surface area contributed by atoms with Crippen molar-refractivity contribution in [3.8, 4) is 0 Å². The Morgan fingerprint density at radius 3 is 2.50 bits per heavy atom. The Morgan fingerprint density at radius 2 is 1.90 bits per heavy atom. The number of carboxylic acid groups (broad SMARTS) is 1. The lowest BCUT2D eigenvalue weighted by Gasteiger charge is -2.08. The molecule has 0 aliphatic heterocycles. The van der Waals surface area contributed by atoms with Crippen molar-refractivity contribution in [1.82, 2.24) is 10.3 Å². The number of benzene rings is 1. The van der Waals surface area contributed by atoms with Gasteiger partial charge in [0, 0.05) is 23.0 Å². The van der Waals surface area contributed by atoms with Gasteiger partial charge in [-0.25, -0.2) is 4.79 Å². The molecule has 0 aliphatic carbocycles. The molecule has 1 heterocycles. The number of halogens is 3. The number of carbonyl (C=O) groups is 2. The predicted molar refractivity (Wildman–Crippen MR) is 63.2 cm³/mol. The number of alkyl halides is 3. The molecule has 0 unspecified atom stereocenters. The van der Waals surface area contributed by atoms with Gasteiger partial charge in [0.25, 0.3) is 0 Å². The summed E-state index contributed by atoms with van der Waals surface area (Å²) in [7, 11) is 0. The summed E-state index contributed by atoms with van der Waals surface area (Å²) in [6.07, 6.45) is -5.00. The maximum absolute atomic E-state index is 12.1. The molecule has 0 saturated carbocycles. The van der Waals surface area contributed by atoms with Crippen LogP contribution in [0.3, 0.4) is 0 Å². The number of aromatic amines is 1. The largest absolute Gasteiger partial charge is 0.477 e.